The van der Waals surface area contributed by atoms with Crippen LogP contribution in [0.4, 0.5) is 0 Å². The Hall–Kier alpha value is -0.720. The van der Waals surface area contributed by atoms with Crippen LogP contribution >= 0.6 is 22.7 Å². The Morgan fingerprint density at radius 3 is 2.90 bits per heavy atom. The molecule has 0 radical (unpaired) electrons. The van der Waals surface area contributed by atoms with Gasteiger partial charge in [0.25, 0.3) is 0 Å². The molecule has 2 aromatic heterocycles. The number of ether oxygens (including phenoxy) is 1. The highest BCUT2D eigenvalue weighted by Crippen LogP contribution is 2.36. The molecule has 2 unspecified atom stereocenters. The summed E-state index contributed by atoms with van der Waals surface area (Å²) in [6.07, 6.45) is 2.97. The molecule has 0 amide bonds. The van der Waals surface area contributed by atoms with Crippen LogP contribution in [0.5, 0.6) is 0 Å². The molecule has 20 heavy (non-hydrogen) atoms. The van der Waals surface area contributed by atoms with E-state index in [9.17, 15) is 5.21 Å². The molecule has 3 nitrogen and oxygen atoms in total. The van der Waals surface area contributed by atoms with E-state index in [2.05, 4.69) is 29.6 Å². The normalized spacial score (nSPS) is 21.2. The molecule has 3 rings (SSSR count). The predicted octanol–water partition coefficient (Wildman–Crippen LogP) is 4.76. The molecule has 108 valence electrons. The number of hydrogen-bond donors (Lipinski definition) is 1. The van der Waals surface area contributed by atoms with Crippen molar-refractivity contribution in [3.05, 3.63) is 34.5 Å². The van der Waals surface area contributed by atoms with Crippen molar-refractivity contribution in [1.82, 2.24) is 5.06 Å². The van der Waals surface area contributed by atoms with Crippen molar-refractivity contribution in [3.8, 4) is 9.75 Å². The lowest BCUT2D eigenvalue weighted by atomic mass is 10.1. The standard InChI is InChI=1S/C15H19NO2S2/c1-11(16(17)15-6-2-3-9-18-15)12-7-8-14(20-12)13-5-4-10-19-13/h4-5,7-8,10-11,15,17H,2-3,6,9H2,1H3. The highest BCUT2D eigenvalue weighted by atomic mass is 32.1. The minimum atomic E-state index is -0.161. The van der Waals surface area contributed by atoms with Crippen LogP contribution in [-0.2, 0) is 4.74 Å². The molecular formula is C15H19NO2S2. The van der Waals surface area contributed by atoms with Crippen LogP contribution in [0.3, 0.4) is 0 Å². The van der Waals surface area contributed by atoms with Crippen molar-refractivity contribution in [1.29, 1.82) is 0 Å². The molecule has 0 spiro atoms. The minimum absolute atomic E-state index is 0.0307. The van der Waals surface area contributed by atoms with Gasteiger partial charge in [-0.2, -0.15) is 5.06 Å². The summed E-state index contributed by atoms with van der Waals surface area (Å²) in [5, 5.41) is 13.8. The molecule has 5 heteroatoms. The summed E-state index contributed by atoms with van der Waals surface area (Å²) in [4.78, 5) is 3.72. The van der Waals surface area contributed by atoms with Gasteiger partial charge in [-0.15, -0.1) is 22.7 Å². The Labute approximate surface area is 127 Å². The molecule has 0 aliphatic carbocycles. The van der Waals surface area contributed by atoms with Crippen LogP contribution in [0.1, 0.15) is 37.1 Å². The molecule has 1 fully saturated rings. The smallest absolute Gasteiger partial charge is 0.133 e. The SMILES string of the molecule is CC(c1ccc(-c2cccs2)s1)N(O)C1CCCCO1. The van der Waals surface area contributed by atoms with Gasteiger partial charge in [0.2, 0.25) is 0 Å². The second-order valence-corrected chi connectivity index (χ2v) is 7.12. The maximum Gasteiger partial charge on any atom is 0.133 e. The Kier molecular flexibility index (Phi) is 4.53. The van der Waals surface area contributed by atoms with E-state index in [1.807, 2.05) is 6.92 Å². The predicted molar refractivity (Wildman–Crippen MR) is 83.3 cm³/mol. The second-order valence-electron chi connectivity index (χ2n) is 5.06. The molecule has 1 saturated heterocycles. The molecule has 1 N–H and O–H groups in total. The number of thiophene rings is 2. The van der Waals surface area contributed by atoms with Gasteiger partial charge in [0.1, 0.15) is 6.23 Å². The molecule has 2 aromatic rings. The van der Waals surface area contributed by atoms with Gasteiger partial charge in [-0.1, -0.05) is 6.07 Å². The summed E-state index contributed by atoms with van der Waals surface area (Å²) >= 11 is 3.49. The average Bonchev–Trinajstić information content (AvgIpc) is 3.17. The van der Waals surface area contributed by atoms with Crippen LogP contribution in [-0.4, -0.2) is 23.1 Å². The van der Waals surface area contributed by atoms with Gasteiger partial charge in [0, 0.05) is 21.2 Å². The van der Waals surface area contributed by atoms with Gasteiger partial charge >= 0.3 is 0 Å². The largest absolute Gasteiger partial charge is 0.361 e. The first-order valence-electron chi connectivity index (χ1n) is 6.98. The molecule has 2 atom stereocenters. The summed E-state index contributed by atoms with van der Waals surface area (Å²) in [5.74, 6) is 0. The van der Waals surface area contributed by atoms with Crippen molar-refractivity contribution in [3.63, 3.8) is 0 Å². The fourth-order valence-electron chi connectivity index (χ4n) is 2.44. The minimum Gasteiger partial charge on any atom is -0.361 e. The summed E-state index contributed by atoms with van der Waals surface area (Å²) < 4.78 is 5.64. The van der Waals surface area contributed by atoms with Gasteiger partial charge in [-0.3, -0.25) is 0 Å². The lowest BCUT2D eigenvalue weighted by Gasteiger charge is -2.32. The summed E-state index contributed by atoms with van der Waals surface area (Å²) in [7, 11) is 0. The van der Waals surface area contributed by atoms with Crippen molar-refractivity contribution < 1.29 is 9.94 Å². The van der Waals surface area contributed by atoms with E-state index >= 15 is 0 Å². The number of rotatable bonds is 4. The zero-order chi connectivity index (χ0) is 13.9. The van der Waals surface area contributed by atoms with Gasteiger partial charge in [0.15, 0.2) is 0 Å². The first-order valence-corrected chi connectivity index (χ1v) is 8.68. The quantitative estimate of drug-likeness (QED) is 0.827. The van der Waals surface area contributed by atoms with E-state index in [1.165, 1.54) is 19.7 Å². The lowest BCUT2D eigenvalue weighted by molar-refractivity contribution is -0.248. The highest BCUT2D eigenvalue weighted by Gasteiger charge is 2.26. The van der Waals surface area contributed by atoms with E-state index in [-0.39, 0.29) is 12.3 Å². The fourth-order valence-corrected chi connectivity index (χ4v) is 4.33. The lowest BCUT2D eigenvalue weighted by Crippen LogP contribution is -2.38. The summed E-state index contributed by atoms with van der Waals surface area (Å²) in [6, 6.07) is 8.41. The van der Waals surface area contributed by atoms with Gasteiger partial charge < -0.3 is 9.94 Å². The zero-order valence-corrected chi connectivity index (χ0v) is 13.1. The zero-order valence-electron chi connectivity index (χ0n) is 11.5. The van der Waals surface area contributed by atoms with E-state index in [0.29, 0.717) is 0 Å². The Morgan fingerprint density at radius 1 is 1.30 bits per heavy atom. The average molecular weight is 309 g/mol. The van der Waals surface area contributed by atoms with Crippen molar-refractivity contribution in [2.45, 2.75) is 38.5 Å². The van der Waals surface area contributed by atoms with Gasteiger partial charge in [-0.05, 0) is 49.8 Å². The number of nitrogens with zero attached hydrogens (tertiary/aromatic N) is 1. The molecule has 3 heterocycles. The van der Waals surface area contributed by atoms with Crippen LogP contribution in [0.15, 0.2) is 29.6 Å². The van der Waals surface area contributed by atoms with Crippen LogP contribution < -0.4 is 0 Å². The number of hydrogen-bond acceptors (Lipinski definition) is 5. The van der Waals surface area contributed by atoms with Crippen LogP contribution in [0, 0.1) is 0 Å². The molecule has 1 aliphatic rings. The maximum absolute atomic E-state index is 10.4. The second kappa shape index (κ2) is 6.37. The van der Waals surface area contributed by atoms with E-state index in [4.69, 9.17) is 4.74 Å². The fraction of sp³-hybridized carbons (Fsp3) is 0.467. The molecular weight excluding hydrogens is 290 g/mol. The number of hydroxylamine groups is 2. The molecule has 0 saturated carbocycles. The van der Waals surface area contributed by atoms with E-state index in [1.54, 1.807) is 22.7 Å². The van der Waals surface area contributed by atoms with Gasteiger partial charge in [0.05, 0.1) is 6.04 Å². The van der Waals surface area contributed by atoms with Crippen molar-refractivity contribution in [2.75, 3.05) is 6.61 Å². The third-order valence-electron chi connectivity index (χ3n) is 3.65. The highest BCUT2D eigenvalue weighted by molar-refractivity contribution is 7.21. The monoisotopic (exact) mass is 309 g/mol. The van der Waals surface area contributed by atoms with Crippen LogP contribution in [0.25, 0.3) is 9.75 Å². The Bertz CT molecular complexity index is 532. The van der Waals surface area contributed by atoms with Crippen molar-refractivity contribution in [2.24, 2.45) is 0 Å². The Morgan fingerprint density at radius 2 is 2.20 bits per heavy atom. The molecule has 0 bridgehead atoms. The third-order valence-corrected chi connectivity index (χ3v) is 5.97. The summed E-state index contributed by atoms with van der Waals surface area (Å²) in [5.41, 5.74) is 0. The third kappa shape index (κ3) is 2.97. The topological polar surface area (TPSA) is 32.7 Å². The van der Waals surface area contributed by atoms with E-state index in [0.717, 1.165) is 25.9 Å². The maximum atomic E-state index is 10.4. The van der Waals surface area contributed by atoms with Crippen molar-refractivity contribution >= 4 is 22.7 Å². The summed E-state index contributed by atoms with van der Waals surface area (Å²) in [6.45, 7) is 2.78. The first-order chi connectivity index (χ1) is 9.75. The van der Waals surface area contributed by atoms with E-state index < -0.39 is 0 Å². The molecule has 0 aromatic carbocycles. The van der Waals surface area contributed by atoms with Gasteiger partial charge in [-0.25, -0.2) is 0 Å². The molecule has 1 aliphatic heterocycles. The first kappa shape index (κ1) is 14.2. The van der Waals surface area contributed by atoms with Crippen LogP contribution in [0.2, 0.25) is 0 Å². The Balaban J connectivity index is 1.71.